The lowest BCUT2D eigenvalue weighted by Crippen LogP contribution is -2.46. The number of nitrogens with zero attached hydrogens (tertiary/aromatic N) is 1. The maximum Gasteiger partial charge on any atom is 0.337 e. The van der Waals surface area contributed by atoms with E-state index in [4.69, 9.17) is 5.11 Å². The van der Waals surface area contributed by atoms with Gasteiger partial charge in [0.05, 0.1) is 20.7 Å². The SMILES string of the molecule is C=CC(=O)[N+](C)(C)CCO. The first kappa shape index (κ1) is 9.33. The molecule has 0 aromatic carbocycles. The molecule has 0 aliphatic heterocycles. The van der Waals surface area contributed by atoms with Crippen LogP contribution in [-0.4, -0.2) is 42.7 Å². The second-order valence-electron chi connectivity index (χ2n) is 2.67. The van der Waals surface area contributed by atoms with Gasteiger partial charge in [-0.1, -0.05) is 6.58 Å². The predicted octanol–water partition coefficient (Wildman–Crippen LogP) is -0.232. The fraction of sp³-hybridized carbons (Fsp3) is 0.571. The molecular formula is C7H14NO2+. The zero-order valence-corrected chi connectivity index (χ0v) is 6.50. The van der Waals surface area contributed by atoms with Crippen molar-refractivity contribution < 1.29 is 14.4 Å². The van der Waals surface area contributed by atoms with Gasteiger partial charge in [-0.2, -0.15) is 0 Å². The maximum absolute atomic E-state index is 11.0. The highest BCUT2D eigenvalue weighted by Gasteiger charge is 2.21. The largest absolute Gasteiger partial charge is 0.390 e. The molecule has 1 amide bonds. The molecule has 58 valence electrons. The van der Waals surface area contributed by atoms with Gasteiger partial charge in [0.2, 0.25) is 0 Å². The van der Waals surface area contributed by atoms with Crippen LogP contribution in [-0.2, 0) is 4.79 Å². The van der Waals surface area contributed by atoms with E-state index in [2.05, 4.69) is 6.58 Å². The molecule has 0 heterocycles. The number of carbonyl (C=O) groups is 1. The van der Waals surface area contributed by atoms with Crippen molar-refractivity contribution in [2.45, 2.75) is 0 Å². The number of quaternary nitrogens is 1. The van der Waals surface area contributed by atoms with Crippen molar-refractivity contribution in [1.82, 2.24) is 0 Å². The van der Waals surface area contributed by atoms with Crippen molar-refractivity contribution in [3.8, 4) is 0 Å². The third-order valence-corrected chi connectivity index (χ3v) is 1.43. The van der Waals surface area contributed by atoms with Gasteiger partial charge in [0, 0.05) is 6.08 Å². The standard InChI is InChI=1S/C7H14NO2/c1-4-7(10)8(2,3)5-6-9/h4,9H,1,5-6H2,2-3H3/q+1. The fourth-order valence-electron chi connectivity index (χ4n) is 0.607. The Hall–Kier alpha value is -0.670. The molecule has 0 unspecified atom stereocenters. The van der Waals surface area contributed by atoms with Gasteiger partial charge in [-0.3, -0.25) is 4.48 Å². The van der Waals surface area contributed by atoms with Crippen LogP contribution in [0.2, 0.25) is 0 Å². The van der Waals surface area contributed by atoms with Gasteiger partial charge < -0.3 is 5.11 Å². The summed E-state index contributed by atoms with van der Waals surface area (Å²) in [6.45, 7) is 3.82. The molecule has 0 spiro atoms. The van der Waals surface area contributed by atoms with Crippen LogP contribution in [0.3, 0.4) is 0 Å². The van der Waals surface area contributed by atoms with E-state index in [1.807, 2.05) is 0 Å². The van der Waals surface area contributed by atoms with Crippen LogP contribution in [0.1, 0.15) is 0 Å². The number of aliphatic hydroxyl groups is 1. The minimum Gasteiger partial charge on any atom is -0.390 e. The summed E-state index contributed by atoms with van der Waals surface area (Å²) in [5.74, 6) is -0.0750. The van der Waals surface area contributed by atoms with E-state index in [0.717, 1.165) is 0 Å². The molecule has 10 heavy (non-hydrogen) atoms. The van der Waals surface area contributed by atoms with Crippen molar-refractivity contribution >= 4 is 5.91 Å². The van der Waals surface area contributed by atoms with Crippen molar-refractivity contribution in [3.63, 3.8) is 0 Å². The van der Waals surface area contributed by atoms with Gasteiger partial charge in [-0.25, -0.2) is 4.79 Å². The van der Waals surface area contributed by atoms with Crippen LogP contribution < -0.4 is 0 Å². The fourth-order valence-corrected chi connectivity index (χ4v) is 0.607. The Morgan fingerprint density at radius 2 is 2.20 bits per heavy atom. The summed E-state index contributed by atoms with van der Waals surface area (Å²) >= 11 is 0. The topological polar surface area (TPSA) is 37.3 Å². The first-order chi connectivity index (χ1) is 4.54. The first-order valence-electron chi connectivity index (χ1n) is 3.15. The van der Waals surface area contributed by atoms with Gasteiger partial charge >= 0.3 is 5.91 Å². The molecule has 0 aliphatic carbocycles. The number of carbonyl (C=O) groups excluding carboxylic acids is 1. The zero-order chi connectivity index (χ0) is 8.20. The first-order valence-corrected chi connectivity index (χ1v) is 3.15. The molecule has 0 bridgehead atoms. The Morgan fingerprint density at radius 1 is 1.70 bits per heavy atom. The Labute approximate surface area is 61.2 Å². The molecule has 0 rings (SSSR count). The summed E-state index contributed by atoms with van der Waals surface area (Å²) in [6, 6.07) is 0. The molecule has 0 fully saturated rings. The molecule has 0 atom stereocenters. The van der Waals surface area contributed by atoms with Gasteiger partial charge in [0.1, 0.15) is 6.54 Å². The summed E-state index contributed by atoms with van der Waals surface area (Å²) < 4.78 is 0.167. The van der Waals surface area contributed by atoms with Crippen LogP contribution in [0, 0.1) is 0 Å². The molecular weight excluding hydrogens is 130 g/mol. The predicted molar refractivity (Wildman–Crippen MR) is 39.3 cm³/mol. The minimum atomic E-state index is -0.0750. The quantitative estimate of drug-likeness (QED) is 0.439. The zero-order valence-electron chi connectivity index (χ0n) is 6.50. The lowest BCUT2D eigenvalue weighted by atomic mass is 10.4. The lowest BCUT2D eigenvalue weighted by molar-refractivity contribution is -0.811. The van der Waals surface area contributed by atoms with Gasteiger partial charge in [-0.15, -0.1) is 0 Å². The summed E-state index contributed by atoms with van der Waals surface area (Å²) in [7, 11) is 3.47. The van der Waals surface area contributed by atoms with Crippen molar-refractivity contribution in [2.24, 2.45) is 0 Å². The van der Waals surface area contributed by atoms with Crippen molar-refractivity contribution in [2.75, 3.05) is 27.2 Å². The van der Waals surface area contributed by atoms with Gasteiger partial charge in [0.15, 0.2) is 0 Å². The smallest absolute Gasteiger partial charge is 0.337 e. The van der Waals surface area contributed by atoms with E-state index >= 15 is 0 Å². The highest BCUT2D eigenvalue weighted by molar-refractivity contribution is 5.80. The number of hydrogen-bond donors (Lipinski definition) is 1. The van der Waals surface area contributed by atoms with E-state index < -0.39 is 0 Å². The van der Waals surface area contributed by atoms with E-state index in [9.17, 15) is 4.79 Å². The van der Waals surface area contributed by atoms with E-state index in [0.29, 0.717) is 6.54 Å². The summed E-state index contributed by atoms with van der Waals surface area (Å²) in [6.07, 6.45) is 1.27. The van der Waals surface area contributed by atoms with Crippen LogP contribution in [0.15, 0.2) is 12.7 Å². The van der Waals surface area contributed by atoms with Crippen LogP contribution >= 0.6 is 0 Å². The molecule has 0 aromatic rings. The number of hydrogen-bond acceptors (Lipinski definition) is 2. The van der Waals surface area contributed by atoms with Crippen LogP contribution in [0.5, 0.6) is 0 Å². The molecule has 0 aromatic heterocycles. The monoisotopic (exact) mass is 144 g/mol. The second-order valence-corrected chi connectivity index (χ2v) is 2.67. The Balaban J connectivity index is 4.08. The molecule has 3 heteroatoms. The van der Waals surface area contributed by atoms with Crippen molar-refractivity contribution in [1.29, 1.82) is 0 Å². The lowest BCUT2D eigenvalue weighted by Gasteiger charge is -2.23. The highest BCUT2D eigenvalue weighted by atomic mass is 16.3. The maximum atomic E-state index is 11.0. The van der Waals surface area contributed by atoms with E-state index in [1.54, 1.807) is 14.1 Å². The average molecular weight is 144 g/mol. The number of likely N-dealkylation sites (N-methyl/N-ethyl adjacent to an activating group) is 1. The molecule has 0 radical (unpaired) electrons. The van der Waals surface area contributed by atoms with Crippen molar-refractivity contribution in [3.05, 3.63) is 12.7 Å². The van der Waals surface area contributed by atoms with Gasteiger partial charge in [-0.05, 0) is 0 Å². The average Bonchev–Trinajstić information content (AvgIpc) is 1.86. The third kappa shape index (κ3) is 2.29. The molecule has 0 aliphatic rings. The summed E-state index contributed by atoms with van der Waals surface area (Å²) in [4.78, 5) is 11.0. The normalized spacial score (nSPS) is 11.1. The van der Waals surface area contributed by atoms with Gasteiger partial charge in [0.25, 0.3) is 0 Å². The van der Waals surface area contributed by atoms with E-state index in [1.165, 1.54) is 6.08 Å². The minimum absolute atomic E-state index is 0.0204. The highest BCUT2D eigenvalue weighted by Crippen LogP contribution is 1.96. The number of aliphatic hydroxyl groups excluding tert-OH is 1. The molecule has 3 nitrogen and oxygen atoms in total. The molecule has 0 saturated carbocycles. The number of amides is 1. The van der Waals surface area contributed by atoms with Crippen LogP contribution in [0.25, 0.3) is 0 Å². The Morgan fingerprint density at radius 3 is 2.50 bits per heavy atom. The summed E-state index contributed by atoms with van der Waals surface area (Å²) in [5, 5.41) is 8.54. The molecule has 1 N–H and O–H groups in total. The molecule has 0 saturated heterocycles. The summed E-state index contributed by atoms with van der Waals surface area (Å²) in [5.41, 5.74) is 0. The van der Waals surface area contributed by atoms with E-state index in [-0.39, 0.29) is 17.0 Å². The third-order valence-electron chi connectivity index (χ3n) is 1.43. The van der Waals surface area contributed by atoms with Crippen LogP contribution in [0.4, 0.5) is 0 Å². The second kappa shape index (κ2) is 3.49. The Kier molecular flexibility index (Phi) is 3.25. The Bertz CT molecular complexity index is 141. The number of rotatable bonds is 3.